The standard InChI is InChI=1S/C22H23N3O3S/c1-14-18(20(26)24(2)3)19(15-10-12-16(13-11-15)21(27)28-4)23-22(29)25(14)17-8-6-5-7-9-17/h5-13,19H,1-4H3,(H,23,29)/t19-/m0/s1. The number of esters is 1. The van der Waals surface area contributed by atoms with Crippen molar-refractivity contribution in [1.29, 1.82) is 0 Å². The molecule has 29 heavy (non-hydrogen) atoms. The van der Waals surface area contributed by atoms with Crippen LogP contribution in [0.25, 0.3) is 0 Å². The number of para-hydroxylation sites is 1. The lowest BCUT2D eigenvalue weighted by atomic mass is 9.93. The van der Waals surface area contributed by atoms with Crippen LogP contribution in [0.4, 0.5) is 5.69 Å². The van der Waals surface area contributed by atoms with Gasteiger partial charge in [-0.05, 0) is 49.0 Å². The van der Waals surface area contributed by atoms with Gasteiger partial charge in [0, 0.05) is 25.5 Å². The van der Waals surface area contributed by atoms with Crippen LogP contribution in [0.1, 0.15) is 28.9 Å². The molecule has 2 aromatic rings. The number of amides is 1. The fraction of sp³-hybridized carbons (Fsp3) is 0.227. The summed E-state index contributed by atoms with van der Waals surface area (Å²) >= 11 is 5.64. The molecule has 0 unspecified atom stereocenters. The van der Waals surface area contributed by atoms with Crippen LogP contribution in [-0.2, 0) is 9.53 Å². The van der Waals surface area contributed by atoms with E-state index in [0.29, 0.717) is 16.2 Å². The summed E-state index contributed by atoms with van der Waals surface area (Å²) in [6, 6.07) is 16.2. The van der Waals surface area contributed by atoms with Crippen molar-refractivity contribution in [2.75, 3.05) is 26.1 Å². The largest absolute Gasteiger partial charge is 0.465 e. The molecule has 3 rings (SSSR count). The molecule has 1 heterocycles. The highest BCUT2D eigenvalue weighted by atomic mass is 32.1. The Morgan fingerprint density at radius 3 is 2.24 bits per heavy atom. The molecule has 0 aromatic heterocycles. The molecule has 7 heteroatoms. The molecule has 1 amide bonds. The van der Waals surface area contributed by atoms with E-state index >= 15 is 0 Å². The summed E-state index contributed by atoms with van der Waals surface area (Å²) in [5, 5.41) is 3.80. The Bertz CT molecular complexity index is 969. The minimum Gasteiger partial charge on any atom is -0.465 e. The van der Waals surface area contributed by atoms with E-state index in [1.807, 2.05) is 42.2 Å². The van der Waals surface area contributed by atoms with Gasteiger partial charge in [-0.15, -0.1) is 0 Å². The van der Waals surface area contributed by atoms with Gasteiger partial charge in [-0.1, -0.05) is 30.3 Å². The maximum atomic E-state index is 13.1. The van der Waals surface area contributed by atoms with E-state index in [0.717, 1.165) is 16.9 Å². The van der Waals surface area contributed by atoms with Crippen molar-refractivity contribution in [2.24, 2.45) is 0 Å². The first-order valence-corrected chi connectivity index (χ1v) is 9.52. The number of ether oxygens (including phenoxy) is 1. The maximum absolute atomic E-state index is 13.1. The van der Waals surface area contributed by atoms with Crippen LogP contribution in [0.5, 0.6) is 0 Å². The number of carbonyl (C=O) groups is 2. The predicted molar refractivity (Wildman–Crippen MR) is 117 cm³/mol. The first-order valence-electron chi connectivity index (χ1n) is 9.11. The molecule has 1 aliphatic heterocycles. The van der Waals surface area contributed by atoms with E-state index in [9.17, 15) is 9.59 Å². The lowest BCUT2D eigenvalue weighted by Crippen LogP contribution is -2.49. The number of allylic oxidation sites excluding steroid dienone is 1. The lowest BCUT2D eigenvalue weighted by molar-refractivity contribution is -0.125. The van der Waals surface area contributed by atoms with E-state index in [4.69, 9.17) is 17.0 Å². The maximum Gasteiger partial charge on any atom is 0.337 e. The zero-order chi connectivity index (χ0) is 21.1. The molecule has 150 valence electrons. The summed E-state index contributed by atoms with van der Waals surface area (Å²) < 4.78 is 4.76. The summed E-state index contributed by atoms with van der Waals surface area (Å²) in [6.45, 7) is 1.90. The smallest absolute Gasteiger partial charge is 0.337 e. The number of thiocarbonyl (C=S) groups is 1. The van der Waals surface area contributed by atoms with Crippen LogP contribution in [0.15, 0.2) is 65.9 Å². The first-order chi connectivity index (χ1) is 13.8. The Balaban J connectivity index is 2.09. The van der Waals surface area contributed by atoms with Crippen molar-refractivity contribution in [1.82, 2.24) is 10.2 Å². The van der Waals surface area contributed by atoms with Crippen molar-refractivity contribution in [3.8, 4) is 0 Å². The summed E-state index contributed by atoms with van der Waals surface area (Å²) in [7, 11) is 4.79. The first kappa shape index (κ1) is 20.5. The summed E-state index contributed by atoms with van der Waals surface area (Å²) in [6.07, 6.45) is 0. The van der Waals surface area contributed by atoms with Gasteiger partial charge in [0.1, 0.15) is 0 Å². The van der Waals surface area contributed by atoms with Crippen molar-refractivity contribution >= 4 is 34.9 Å². The summed E-state index contributed by atoms with van der Waals surface area (Å²) in [4.78, 5) is 28.2. The highest BCUT2D eigenvalue weighted by Crippen LogP contribution is 2.34. The molecule has 0 radical (unpaired) electrons. The molecule has 0 spiro atoms. The van der Waals surface area contributed by atoms with Crippen LogP contribution in [0, 0.1) is 0 Å². The Kier molecular flexibility index (Phi) is 5.98. The minimum atomic E-state index is -0.427. The zero-order valence-electron chi connectivity index (χ0n) is 16.8. The Morgan fingerprint density at radius 2 is 1.69 bits per heavy atom. The zero-order valence-corrected chi connectivity index (χ0v) is 17.6. The molecule has 2 aromatic carbocycles. The molecule has 0 fully saturated rings. The molecule has 6 nitrogen and oxygen atoms in total. The molecular formula is C22H23N3O3S. The number of methoxy groups -OCH3 is 1. The Hall–Kier alpha value is -3.19. The Morgan fingerprint density at radius 1 is 1.07 bits per heavy atom. The number of nitrogens with one attached hydrogen (secondary N) is 1. The topological polar surface area (TPSA) is 61.9 Å². The SMILES string of the molecule is COC(=O)c1ccc([C@@H]2NC(=S)N(c3ccccc3)C(C)=C2C(=O)N(C)C)cc1. The molecule has 0 saturated heterocycles. The number of hydrogen-bond donors (Lipinski definition) is 1. The normalized spacial score (nSPS) is 16.3. The van der Waals surface area contributed by atoms with Gasteiger partial charge in [-0.2, -0.15) is 0 Å². The third-order valence-corrected chi connectivity index (χ3v) is 5.10. The van der Waals surface area contributed by atoms with E-state index < -0.39 is 12.0 Å². The van der Waals surface area contributed by atoms with Gasteiger partial charge in [-0.3, -0.25) is 9.69 Å². The van der Waals surface area contributed by atoms with E-state index in [1.54, 1.807) is 43.3 Å². The number of benzene rings is 2. The quantitative estimate of drug-likeness (QED) is 0.618. The molecule has 0 aliphatic carbocycles. The van der Waals surface area contributed by atoms with Crippen molar-refractivity contribution < 1.29 is 14.3 Å². The summed E-state index contributed by atoms with van der Waals surface area (Å²) in [5.74, 6) is -0.518. The molecule has 1 N–H and O–H groups in total. The van der Waals surface area contributed by atoms with Crippen molar-refractivity contribution in [3.63, 3.8) is 0 Å². The number of carbonyl (C=O) groups excluding carboxylic acids is 2. The highest BCUT2D eigenvalue weighted by molar-refractivity contribution is 7.80. The average molecular weight is 410 g/mol. The lowest BCUT2D eigenvalue weighted by Gasteiger charge is -2.38. The fourth-order valence-corrected chi connectivity index (χ4v) is 3.69. The van der Waals surface area contributed by atoms with Crippen LogP contribution in [0.3, 0.4) is 0 Å². The fourth-order valence-electron chi connectivity index (χ4n) is 3.33. The molecule has 1 atom stereocenters. The molecule has 0 saturated carbocycles. The average Bonchev–Trinajstić information content (AvgIpc) is 2.73. The van der Waals surface area contributed by atoms with Gasteiger partial charge in [0.15, 0.2) is 5.11 Å². The van der Waals surface area contributed by atoms with Crippen LogP contribution in [-0.4, -0.2) is 43.1 Å². The number of likely N-dealkylation sites (N-methyl/N-ethyl adjacent to an activating group) is 1. The van der Waals surface area contributed by atoms with Gasteiger partial charge in [-0.25, -0.2) is 4.79 Å². The second-order valence-corrected chi connectivity index (χ2v) is 7.25. The number of rotatable bonds is 4. The third kappa shape index (κ3) is 4.00. The van der Waals surface area contributed by atoms with Gasteiger partial charge in [0.2, 0.25) is 0 Å². The second-order valence-electron chi connectivity index (χ2n) is 6.87. The van der Waals surface area contributed by atoms with Crippen LogP contribution < -0.4 is 10.2 Å². The van der Waals surface area contributed by atoms with Crippen LogP contribution in [0.2, 0.25) is 0 Å². The highest BCUT2D eigenvalue weighted by Gasteiger charge is 2.35. The monoisotopic (exact) mass is 409 g/mol. The van der Waals surface area contributed by atoms with Crippen molar-refractivity contribution in [3.05, 3.63) is 77.0 Å². The van der Waals surface area contributed by atoms with Crippen LogP contribution >= 0.6 is 12.2 Å². The second kappa shape index (κ2) is 8.45. The van der Waals surface area contributed by atoms with Gasteiger partial charge in [0.25, 0.3) is 5.91 Å². The van der Waals surface area contributed by atoms with E-state index in [1.165, 1.54) is 7.11 Å². The van der Waals surface area contributed by atoms with E-state index in [2.05, 4.69) is 5.32 Å². The van der Waals surface area contributed by atoms with Gasteiger partial charge in [0.05, 0.1) is 24.3 Å². The number of nitrogens with zero attached hydrogens (tertiary/aromatic N) is 2. The predicted octanol–water partition coefficient (Wildman–Crippen LogP) is 3.27. The third-order valence-electron chi connectivity index (χ3n) is 4.80. The number of anilines is 1. The summed E-state index contributed by atoms with van der Waals surface area (Å²) in [5.41, 5.74) is 3.52. The minimum absolute atomic E-state index is 0.111. The molecule has 0 bridgehead atoms. The van der Waals surface area contributed by atoms with Gasteiger partial charge < -0.3 is 15.0 Å². The molecule has 1 aliphatic rings. The number of hydrogen-bond acceptors (Lipinski definition) is 4. The Labute approximate surface area is 175 Å². The molecular weight excluding hydrogens is 386 g/mol. The van der Waals surface area contributed by atoms with E-state index in [-0.39, 0.29) is 5.91 Å². The van der Waals surface area contributed by atoms with Gasteiger partial charge >= 0.3 is 5.97 Å². The van der Waals surface area contributed by atoms with Crippen molar-refractivity contribution in [2.45, 2.75) is 13.0 Å².